The van der Waals surface area contributed by atoms with Crippen LogP contribution in [0.4, 0.5) is 23.7 Å². The number of benzene rings is 1. The Morgan fingerprint density at radius 2 is 1.86 bits per heavy atom. The number of hydrogen-bond donors (Lipinski definition) is 2. The molecule has 0 aromatic heterocycles. The highest BCUT2D eigenvalue weighted by Crippen LogP contribution is 2.42. The molecule has 1 aliphatic heterocycles. The third-order valence-electron chi connectivity index (χ3n) is 4.84. The second-order valence-electron chi connectivity index (χ2n) is 7.08. The molecule has 1 aliphatic carbocycles. The van der Waals surface area contributed by atoms with Gasteiger partial charge in [-0.2, -0.15) is 13.2 Å². The van der Waals surface area contributed by atoms with Gasteiger partial charge in [0.25, 0.3) is 11.8 Å². The van der Waals surface area contributed by atoms with Gasteiger partial charge in [0, 0.05) is 5.69 Å². The van der Waals surface area contributed by atoms with Crippen LogP contribution in [0.3, 0.4) is 0 Å². The minimum absolute atomic E-state index is 0.0366. The number of halogens is 3. The molecule has 156 valence electrons. The average molecular weight is 413 g/mol. The van der Waals surface area contributed by atoms with Crippen molar-refractivity contribution in [2.75, 3.05) is 18.5 Å². The van der Waals surface area contributed by atoms with Gasteiger partial charge < -0.3 is 15.4 Å². The molecule has 1 aromatic rings. The SMILES string of the molecule is C[C@@]1(C2CC2)NC(=O)N(CC(=O)OCC(=O)Nc2ccc(C(F)(F)F)cc2)C1=O. The van der Waals surface area contributed by atoms with Crippen LogP contribution < -0.4 is 10.6 Å². The summed E-state index contributed by atoms with van der Waals surface area (Å²) in [5.41, 5.74) is -1.81. The van der Waals surface area contributed by atoms with Crippen LogP contribution in [0.5, 0.6) is 0 Å². The molecule has 0 spiro atoms. The van der Waals surface area contributed by atoms with Crippen molar-refractivity contribution in [2.24, 2.45) is 5.92 Å². The molecule has 0 bridgehead atoms. The molecule has 8 nitrogen and oxygen atoms in total. The molecular formula is C18H18F3N3O5. The Hall–Kier alpha value is -3.11. The number of ether oxygens (including phenoxy) is 1. The Bertz CT molecular complexity index is 851. The van der Waals surface area contributed by atoms with E-state index in [-0.39, 0.29) is 11.6 Å². The minimum atomic E-state index is -4.49. The van der Waals surface area contributed by atoms with Crippen LogP contribution >= 0.6 is 0 Å². The van der Waals surface area contributed by atoms with Gasteiger partial charge in [-0.15, -0.1) is 0 Å². The van der Waals surface area contributed by atoms with Crippen LogP contribution in [-0.2, 0) is 25.3 Å². The highest BCUT2D eigenvalue weighted by molar-refractivity contribution is 6.09. The molecule has 29 heavy (non-hydrogen) atoms. The number of imide groups is 1. The van der Waals surface area contributed by atoms with E-state index in [2.05, 4.69) is 10.6 Å². The second-order valence-corrected chi connectivity index (χ2v) is 7.08. The fraction of sp³-hybridized carbons (Fsp3) is 0.444. The van der Waals surface area contributed by atoms with Gasteiger partial charge in [-0.1, -0.05) is 0 Å². The van der Waals surface area contributed by atoms with Crippen molar-refractivity contribution in [2.45, 2.75) is 31.5 Å². The predicted octanol–water partition coefficient (Wildman–Crippen LogP) is 1.91. The van der Waals surface area contributed by atoms with E-state index in [1.54, 1.807) is 6.92 Å². The fourth-order valence-electron chi connectivity index (χ4n) is 3.06. The first-order chi connectivity index (χ1) is 13.5. The van der Waals surface area contributed by atoms with E-state index in [1.807, 2.05) is 0 Å². The van der Waals surface area contributed by atoms with Gasteiger partial charge >= 0.3 is 18.2 Å². The largest absolute Gasteiger partial charge is 0.454 e. The summed E-state index contributed by atoms with van der Waals surface area (Å²) in [6, 6.07) is 3.03. The van der Waals surface area contributed by atoms with Crippen LogP contribution in [0.15, 0.2) is 24.3 Å². The van der Waals surface area contributed by atoms with Gasteiger partial charge in [0.1, 0.15) is 12.1 Å². The van der Waals surface area contributed by atoms with Crippen molar-refractivity contribution in [3.05, 3.63) is 29.8 Å². The van der Waals surface area contributed by atoms with Gasteiger partial charge in [-0.25, -0.2) is 4.79 Å². The number of nitrogens with zero attached hydrogens (tertiary/aromatic N) is 1. The molecule has 1 saturated heterocycles. The van der Waals surface area contributed by atoms with E-state index in [4.69, 9.17) is 4.74 Å². The number of esters is 1. The molecule has 3 rings (SSSR count). The summed E-state index contributed by atoms with van der Waals surface area (Å²) in [5, 5.41) is 4.86. The van der Waals surface area contributed by atoms with Crippen molar-refractivity contribution in [1.82, 2.24) is 10.2 Å². The minimum Gasteiger partial charge on any atom is -0.454 e. The quantitative estimate of drug-likeness (QED) is 0.548. The zero-order chi connectivity index (χ0) is 21.4. The average Bonchev–Trinajstić information content (AvgIpc) is 3.46. The first kappa shape index (κ1) is 20.6. The van der Waals surface area contributed by atoms with Crippen molar-refractivity contribution in [3.8, 4) is 0 Å². The lowest BCUT2D eigenvalue weighted by Crippen LogP contribution is -2.46. The van der Waals surface area contributed by atoms with Crippen molar-refractivity contribution < 1.29 is 37.1 Å². The molecule has 1 aromatic carbocycles. The maximum atomic E-state index is 12.5. The number of urea groups is 1. The van der Waals surface area contributed by atoms with E-state index >= 15 is 0 Å². The Kier molecular flexibility index (Phi) is 5.24. The van der Waals surface area contributed by atoms with E-state index in [1.165, 1.54) is 0 Å². The summed E-state index contributed by atoms with van der Waals surface area (Å²) in [6.45, 7) is 0.248. The van der Waals surface area contributed by atoms with Crippen LogP contribution in [0.2, 0.25) is 0 Å². The predicted molar refractivity (Wildman–Crippen MR) is 92.4 cm³/mol. The van der Waals surface area contributed by atoms with Crippen LogP contribution in [0.1, 0.15) is 25.3 Å². The molecule has 2 fully saturated rings. The Labute approximate surface area is 163 Å². The summed E-state index contributed by atoms with van der Waals surface area (Å²) < 4.78 is 42.3. The standard InChI is InChI=1S/C18H18F3N3O5/c1-17(10-2-3-10)15(27)24(16(28)23-17)8-14(26)29-9-13(25)22-12-6-4-11(5-7-12)18(19,20)21/h4-7,10H,2-3,8-9H2,1H3,(H,22,25)(H,23,28)/t17-/m0/s1. The van der Waals surface area contributed by atoms with Gasteiger partial charge in [0.15, 0.2) is 6.61 Å². The molecule has 2 N–H and O–H groups in total. The van der Waals surface area contributed by atoms with Crippen LogP contribution in [0.25, 0.3) is 0 Å². The Morgan fingerprint density at radius 3 is 2.41 bits per heavy atom. The lowest BCUT2D eigenvalue weighted by Gasteiger charge is -2.20. The maximum Gasteiger partial charge on any atom is 0.416 e. The summed E-state index contributed by atoms with van der Waals surface area (Å²) >= 11 is 0. The first-order valence-corrected chi connectivity index (χ1v) is 8.77. The summed E-state index contributed by atoms with van der Waals surface area (Å²) in [5.74, 6) is -2.22. The molecule has 1 saturated carbocycles. The lowest BCUT2D eigenvalue weighted by molar-refractivity contribution is -0.150. The van der Waals surface area contributed by atoms with E-state index in [9.17, 15) is 32.3 Å². The number of carbonyl (C=O) groups is 4. The maximum absolute atomic E-state index is 12.5. The zero-order valence-electron chi connectivity index (χ0n) is 15.3. The first-order valence-electron chi connectivity index (χ1n) is 8.77. The monoisotopic (exact) mass is 413 g/mol. The van der Waals surface area contributed by atoms with Gasteiger partial charge in [-0.05, 0) is 49.9 Å². The Balaban J connectivity index is 1.47. The van der Waals surface area contributed by atoms with Gasteiger partial charge in [-0.3, -0.25) is 19.3 Å². The number of carbonyl (C=O) groups excluding carboxylic acids is 4. The zero-order valence-corrected chi connectivity index (χ0v) is 15.3. The number of amides is 4. The van der Waals surface area contributed by atoms with Crippen molar-refractivity contribution in [1.29, 1.82) is 0 Å². The smallest absolute Gasteiger partial charge is 0.416 e. The highest BCUT2D eigenvalue weighted by atomic mass is 19.4. The molecule has 11 heteroatoms. The van der Waals surface area contributed by atoms with Crippen LogP contribution in [0, 0.1) is 5.92 Å². The highest BCUT2D eigenvalue weighted by Gasteiger charge is 2.56. The van der Waals surface area contributed by atoms with E-state index in [0.29, 0.717) is 0 Å². The molecular weight excluding hydrogens is 395 g/mol. The number of hydrogen-bond acceptors (Lipinski definition) is 5. The van der Waals surface area contributed by atoms with Gasteiger partial charge in [0.05, 0.1) is 5.56 Å². The molecule has 1 atom stereocenters. The normalized spacial score (nSPS) is 21.7. The summed E-state index contributed by atoms with van der Waals surface area (Å²) in [6.07, 6.45) is -2.87. The van der Waals surface area contributed by atoms with Crippen molar-refractivity contribution in [3.63, 3.8) is 0 Å². The van der Waals surface area contributed by atoms with Crippen molar-refractivity contribution >= 4 is 29.5 Å². The number of anilines is 1. The second kappa shape index (κ2) is 7.37. The lowest BCUT2D eigenvalue weighted by atomic mass is 9.96. The van der Waals surface area contributed by atoms with E-state index < -0.39 is 54.2 Å². The topological polar surface area (TPSA) is 105 Å². The molecule has 0 unspecified atom stereocenters. The molecule has 4 amide bonds. The third kappa shape index (κ3) is 4.49. The van der Waals surface area contributed by atoms with Crippen LogP contribution in [-0.4, -0.2) is 47.4 Å². The summed E-state index contributed by atoms with van der Waals surface area (Å²) in [4.78, 5) is 48.8. The summed E-state index contributed by atoms with van der Waals surface area (Å²) in [7, 11) is 0. The molecule has 0 radical (unpaired) electrons. The number of alkyl halides is 3. The Morgan fingerprint density at radius 1 is 1.24 bits per heavy atom. The number of rotatable bonds is 6. The fourth-order valence-corrected chi connectivity index (χ4v) is 3.06. The molecule has 2 aliphatic rings. The van der Waals surface area contributed by atoms with E-state index in [0.717, 1.165) is 42.0 Å². The number of nitrogens with one attached hydrogen (secondary N) is 2. The third-order valence-corrected chi connectivity index (χ3v) is 4.84. The van der Waals surface area contributed by atoms with Gasteiger partial charge in [0.2, 0.25) is 0 Å². The molecule has 1 heterocycles.